The molecular weight excluding hydrogens is 186 g/mol. The molecule has 0 bridgehead atoms. The van der Waals surface area contributed by atoms with Crippen LogP contribution in [0.5, 0.6) is 0 Å². The Kier molecular flexibility index (Phi) is 3.41. The number of aromatic nitrogens is 2. The summed E-state index contributed by atoms with van der Waals surface area (Å²) in [6.07, 6.45) is 9.67. The van der Waals surface area contributed by atoms with E-state index in [0.717, 1.165) is 6.42 Å². The van der Waals surface area contributed by atoms with E-state index in [1.165, 1.54) is 43.4 Å². The number of rotatable bonds is 3. The van der Waals surface area contributed by atoms with Crippen LogP contribution in [-0.2, 0) is 13.0 Å². The van der Waals surface area contributed by atoms with Gasteiger partial charge in [-0.3, -0.25) is 4.68 Å². The molecule has 0 saturated heterocycles. The lowest BCUT2D eigenvalue weighted by Gasteiger charge is -2.24. The fourth-order valence-corrected chi connectivity index (χ4v) is 2.62. The Labute approximate surface area is 91.7 Å². The summed E-state index contributed by atoms with van der Waals surface area (Å²) in [6, 6.07) is 0.633. The van der Waals surface area contributed by atoms with E-state index in [-0.39, 0.29) is 0 Å². The summed E-state index contributed by atoms with van der Waals surface area (Å²) < 4.78 is 2.24. The van der Waals surface area contributed by atoms with Crippen LogP contribution in [0.25, 0.3) is 0 Å². The molecule has 0 spiro atoms. The summed E-state index contributed by atoms with van der Waals surface area (Å²) in [4.78, 5) is 0. The molecule has 0 amide bonds. The van der Waals surface area contributed by atoms with E-state index in [2.05, 4.69) is 16.7 Å². The third-order valence-electron chi connectivity index (χ3n) is 3.46. The average molecular weight is 207 g/mol. The summed E-state index contributed by atoms with van der Waals surface area (Å²) >= 11 is 0. The molecule has 1 aliphatic carbocycles. The summed E-state index contributed by atoms with van der Waals surface area (Å²) in [5, 5.41) is 4.52. The molecule has 1 aromatic rings. The van der Waals surface area contributed by atoms with E-state index in [4.69, 9.17) is 5.73 Å². The first kappa shape index (κ1) is 10.7. The van der Waals surface area contributed by atoms with Crippen molar-refractivity contribution in [2.75, 3.05) is 0 Å². The SMILES string of the molecule is CCc1c(CN)cnn1C1CCCCC1. The van der Waals surface area contributed by atoms with Crippen molar-refractivity contribution >= 4 is 0 Å². The van der Waals surface area contributed by atoms with Gasteiger partial charge >= 0.3 is 0 Å². The zero-order valence-corrected chi connectivity index (χ0v) is 9.58. The highest BCUT2D eigenvalue weighted by molar-refractivity contribution is 5.18. The van der Waals surface area contributed by atoms with Gasteiger partial charge in [-0.05, 0) is 19.3 Å². The number of hydrogen-bond donors (Lipinski definition) is 1. The summed E-state index contributed by atoms with van der Waals surface area (Å²) in [5.74, 6) is 0. The van der Waals surface area contributed by atoms with Crippen molar-refractivity contribution < 1.29 is 0 Å². The van der Waals surface area contributed by atoms with Gasteiger partial charge in [0.15, 0.2) is 0 Å². The van der Waals surface area contributed by atoms with E-state index >= 15 is 0 Å². The van der Waals surface area contributed by atoms with Gasteiger partial charge in [-0.25, -0.2) is 0 Å². The lowest BCUT2D eigenvalue weighted by atomic mass is 9.95. The third kappa shape index (κ3) is 2.07. The van der Waals surface area contributed by atoms with Crippen LogP contribution in [-0.4, -0.2) is 9.78 Å². The van der Waals surface area contributed by atoms with Crippen LogP contribution in [0.2, 0.25) is 0 Å². The van der Waals surface area contributed by atoms with E-state index in [9.17, 15) is 0 Å². The van der Waals surface area contributed by atoms with Crippen LogP contribution in [0, 0.1) is 0 Å². The maximum Gasteiger partial charge on any atom is 0.0537 e. The Morgan fingerprint density at radius 2 is 2.13 bits per heavy atom. The van der Waals surface area contributed by atoms with E-state index in [1.54, 1.807) is 0 Å². The predicted octanol–water partition coefficient (Wildman–Crippen LogP) is 2.41. The van der Waals surface area contributed by atoms with Crippen LogP contribution in [0.1, 0.15) is 56.3 Å². The largest absolute Gasteiger partial charge is 0.326 e. The minimum absolute atomic E-state index is 0.621. The molecular formula is C12H21N3. The van der Waals surface area contributed by atoms with Crippen molar-refractivity contribution in [3.63, 3.8) is 0 Å². The molecule has 1 saturated carbocycles. The Hall–Kier alpha value is -0.830. The topological polar surface area (TPSA) is 43.8 Å². The van der Waals surface area contributed by atoms with E-state index < -0.39 is 0 Å². The van der Waals surface area contributed by atoms with Gasteiger partial charge in [0.05, 0.1) is 12.2 Å². The van der Waals surface area contributed by atoms with Gasteiger partial charge in [0.1, 0.15) is 0 Å². The molecule has 3 nitrogen and oxygen atoms in total. The molecule has 2 N–H and O–H groups in total. The Bertz CT molecular complexity index is 311. The highest BCUT2D eigenvalue weighted by Crippen LogP contribution is 2.29. The van der Waals surface area contributed by atoms with Crippen LogP contribution in [0.4, 0.5) is 0 Å². The first-order valence-electron chi connectivity index (χ1n) is 6.12. The van der Waals surface area contributed by atoms with Gasteiger partial charge in [-0.15, -0.1) is 0 Å². The lowest BCUT2D eigenvalue weighted by molar-refractivity contribution is 0.322. The Morgan fingerprint density at radius 1 is 1.40 bits per heavy atom. The molecule has 84 valence electrons. The fraction of sp³-hybridized carbons (Fsp3) is 0.750. The number of nitrogens with zero attached hydrogens (tertiary/aromatic N) is 2. The molecule has 3 heteroatoms. The lowest BCUT2D eigenvalue weighted by Crippen LogP contribution is -2.17. The number of hydrogen-bond acceptors (Lipinski definition) is 2. The quantitative estimate of drug-likeness (QED) is 0.827. The van der Waals surface area contributed by atoms with Crippen molar-refractivity contribution in [2.45, 2.75) is 58.0 Å². The van der Waals surface area contributed by atoms with Crippen LogP contribution < -0.4 is 5.73 Å². The molecule has 0 aromatic carbocycles. The van der Waals surface area contributed by atoms with Crippen LogP contribution in [0.15, 0.2) is 6.20 Å². The van der Waals surface area contributed by atoms with Crippen molar-refractivity contribution in [1.29, 1.82) is 0 Å². The van der Waals surface area contributed by atoms with Crippen molar-refractivity contribution in [1.82, 2.24) is 9.78 Å². The van der Waals surface area contributed by atoms with E-state index in [0.29, 0.717) is 12.6 Å². The Morgan fingerprint density at radius 3 is 2.73 bits per heavy atom. The van der Waals surface area contributed by atoms with Crippen LogP contribution in [0.3, 0.4) is 0 Å². The molecule has 1 aliphatic rings. The van der Waals surface area contributed by atoms with Crippen LogP contribution >= 0.6 is 0 Å². The highest BCUT2D eigenvalue weighted by Gasteiger charge is 2.19. The molecule has 1 fully saturated rings. The van der Waals surface area contributed by atoms with Crippen molar-refractivity contribution in [2.24, 2.45) is 5.73 Å². The summed E-state index contributed by atoms with van der Waals surface area (Å²) in [5.41, 5.74) is 8.29. The molecule has 1 heterocycles. The van der Waals surface area contributed by atoms with Gasteiger partial charge in [0.2, 0.25) is 0 Å². The minimum atomic E-state index is 0.621. The fourth-order valence-electron chi connectivity index (χ4n) is 2.62. The molecule has 0 atom stereocenters. The zero-order chi connectivity index (χ0) is 10.7. The first-order chi connectivity index (χ1) is 7.36. The highest BCUT2D eigenvalue weighted by atomic mass is 15.3. The second-order valence-electron chi connectivity index (χ2n) is 4.41. The molecule has 15 heavy (non-hydrogen) atoms. The number of nitrogens with two attached hydrogens (primary N) is 1. The summed E-state index contributed by atoms with van der Waals surface area (Å²) in [7, 11) is 0. The van der Waals surface area contributed by atoms with Gasteiger partial charge in [-0.1, -0.05) is 26.2 Å². The zero-order valence-electron chi connectivity index (χ0n) is 9.58. The average Bonchev–Trinajstić information content (AvgIpc) is 2.72. The molecule has 0 unspecified atom stereocenters. The molecule has 2 rings (SSSR count). The van der Waals surface area contributed by atoms with Crippen molar-refractivity contribution in [3.05, 3.63) is 17.5 Å². The maximum absolute atomic E-state index is 5.72. The molecule has 0 radical (unpaired) electrons. The second-order valence-corrected chi connectivity index (χ2v) is 4.41. The normalized spacial score (nSPS) is 18.3. The van der Waals surface area contributed by atoms with Gasteiger partial charge in [0, 0.05) is 17.8 Å². The standard InChI is InChI=1S/C12H21N3/c1-2-12-10(8-13)9-14-15(12)11-6-4-3-5-7-11/h9,11H,2-8,13H2,1H3. The molecule has 0 aliphatic heterocycles. The monoisotopic (exact) mass is 207 g/mol. The van der Waals surface area contributed by atoms with E-state index in [1.807, 2.05) is 6.20 Å². The van der Waals surface area contributed by atoms with Gasteiger partial charge in [0.25, 0.3) is 0 Å². The first-order valence-corrected chi connectivity index (χ1v) is 6.12. The molecule has 1 aromatic heterocycles. The van der Waals surface area contributed by atoms with Crippen molar-refractivity contribution in [3.8, 4) is 0 Å². The predicted molar refractivity (Wildman–Crippen MR) is 61.6 cm³/mol. The maximum atomic E-state index is 5.72. The van der Waals surface area contributed by atoms with Gasteiger partial charge < -0.3 is 5.73 Å². The minimum Gasteiger partial charge on any atom is -0.326 e. The van der Waals surface area contributed by atoms with Gasteiger partial charge in [-0.2, -0.15) is 5.10 Å². The third-order valence-corrected chi connectivity index (χ3v) is 3.46. The second kappa shape index (κ2) is 4.79. The smallest absolute Gasteiger partial charge is 0.0537 e. The Balaban J connectivity index is 2.22. The summed E-state index contributed by atoms with van der Waals surface area (Å²) in [6.45, 7) is 2.81.